The summed E-state index contributed by atoms with van der Waals surface area (Å²) in [6.45, 7) is 0.325. The van der Waals surface area contributed by atoms with Crippen LogP contribution in [-0.2, 0) is 12.0 Å². The number of aliphatic hydroxyl groups is 1. The normalized spacial score (nSPS) is 16.8. The van der Waals surface area contributed by atoms with Gasteiger partial charge in [0.2, 0.25) is 0 Å². The first kappa shape index (κ1) is 15.5. The zero-order valence-electron chi connectivity index (χ0n) is 12.8. The van der Waals surface area contributed by atoms with Gasteiger partial charge in [0.25, 0.3) is 0 Å². The number of hydrogen-bond donors (Lipinski definition) is 1. The van der Waals surface area contributed by atoms with E-state index in [1.807, 2.05) is 48.5 Å². The molecular formula is C19H19N2O2-. The van der Waals surface area contributed by atoms with E-state index in [1.165, 1.54) is 6.20 Å². The van der Waals surface area contributed by atoms with Crippen molar-refractivity contribution in [3.8, 4) is 0 Å². The standard InChI is InChI=1S/C19H19N2O2/c22-19(18-4-2-1-3-5-18,14-16-6-10-20-11-7-16)15-17-8-12-21(23)13-9-17/h1-12,22H,13-15H2/q-1. The van der Waals surface area contributed by atoms with E-state index < -0.39 is 5.60 Å². The van der Waals surface area contributed by atoms with E-state index >= 15 is 0 Å². The van der Waals surface area contributed by atoms with Crippen molar-refractivity contribution in [3.05, 3.63) is 95.1 Å². The minimum absolute atomic E-state index is 0.325. The maximum atomic E-state index is 11.4. The summed E-state index contributed by atoms with van der Waals surface area (Å²) in [5.41, 5.74) is 1.84. The van der Waals surface area contributed by atoms with Crippen LogP contribution in [0.5, 0.6) is 0 Å². The Hall–Kier alpha value is -2.43. The molecule has 23 heavy (non-hydrogen) atoms. The summed E-state index contributed by atoms with van der Waals surface area (Å²) < 4.78 is 0. The molecule has 0 aliphatic carbocycles. The Labute approximate surface area is 136 Å². The van der Waals surface area contributed by atoms with Crippen LogP contribution in [0, 0.1) is 5.21 Å². The van der Waals surface area contributed by atoms with Crippen LogP contribution in [0.25, 0.3) is 0 Å². The first-order valence-electron chi connectivity index (χ1n) is 7.63. The van der Waals surface area contributed by atoms with Gasteiger partial charge in [-0.2, -0.15) is 0 Å². The van der Waals surface area contributed by atoms with Gasteiger partial charge in [-0.05, 0) is 41.1 Å². The van der Waals surface area contributed by atoms with Crippen LogP contribution in [0.1, 0.15) is 17.5 Å². The highest BCUT2D eigenvalue weighted by molar-refractivity contribution is 5.32. The fourth-order valence-corrected chi connectivity index (χ4v) is 2.84. The number of hydrogen-bond acceptors (Lipinski definition) is 4. The Bertz CT molecular complexity index is 698. The fourth-order valence-electron chi connectivity index (χ4n) is 2.84. The molecule has 4 nitrogen and oxygen atoms in total. The number of benzene rings is 1. The van der Waals surface area contributed by atoms with Gasteiger partial charge < -0.3 is 15.4 Å². The van der Waals surface area contributed by atoms with Crippen LogP contribution >= 0.6 is 0 Å². The summed E-state index contributed by atoms with van der Waals surface area (Å²) in [5.74, 6) is 0. The quantitative estimate of drug-likeness (QED) is 0.922. The molecule has 0 bridgehead atoms. The summed E-state index contributed by atoms with van der Waals surface area (Å²) in [4.78, 5) is 4.03. The molecule has 0 radical (unpaired) electrons. The van der Waals surface area contributed by atoms with Gasteiger partial charge in [0, 0.05) is 31.8 Å². The van der Waals surface area contributed by atoms with E-state index in [9.17, 15) is 10.3 Å². The van der Waals surface area contributed by atoms with Gasteiger partial charge in [0.05, 0.1) is 5.60 Å². The SMILES string of the molecule is [O-]N1C=CC(CC(O)(Cc2ccncc2)c2ccccc2)=CC1. The highest BCUT2D eigenvalue weighted by atomic mass is 16.5. The Kier molecular flexibility index (Phi) is 4.55. The lowest BCUT2D eigenvalue weighted by molar-refractivity contribution is 0.0377. The molecule has 1 atom stereocenters. The van der Waals surface area contributed by atoms with E-state index in [0.717, 1.165) is 21.8 Å². The molecule has 2 aromatic rings. The maximum Gasteiger partial charge on any atom is 0.0976 e. The van der Waals surface area contributed by atoms with Gasteiger partial charge >= 0.3 is 0 Å². The predicted octanol–water partition coefficient (Wildman–Crippen LogP) is 3.16. The second-order valence-corrected chi connectivity index (χ2v) is 5.80. The molecule has 0 saturated heterocycles. The topological polar surface area (TPSA) is 59.4 Å². The highest BCUT2D eigenvalue weighted by Crippen LogP contribution is 2.33. The van der Waals surface area contributed by atoms with Crippen molar-refractivity contribution in [2.45, 2.75) is 18.4 Å². The molecule has 0 fully saturated rings. The first-order valence-corrected chi connectivity index (χ1v) is 7.63. The molecule has 0 spiro atoms. The molecule has 1 aliphatic heterocycles. The molecule has 0 saturated carbocycles. The minimum Gasteiger partial charge on any atom is -0.758 e. The molecule has 0 amide bonds. The highest BCUT2D eigenvalue weighted by Gasteiger charge is 2.30. The largest absolute Gasteiger partial charge is 0.758 e. The van der Waals surface area contributed by atoms with Crippen molar-refractivity contribution >= 4 is 0 Å². The number of nitrogens with zero attached hydrogens (tertiary/aromatic N) is 2. The smallest absolute Gasteiger partial charge is 0.0976 e. The van der Waals surface area contributed by atoms with Crippen molar-refractivity contribution in [1.82, 2.24) is 10.0 Å². The van der Waals surface area contributed by atoms with E-state index in [-0.39, 0.29) is 0 Å². The molecular weight excluding hydrogens is 288 g/mol. The van der Waals surface area contributed by atoms with Crippen molar-refractivity contribution in [2.24, 2.45) is 0 Å². The second-order valence-electron chi connectivity index (χ2n) is 5.80. The number of hydroxylamine groups is 2. The Morgan fingerprint density at radius 3 is 2.48 bits per heavy atom. The number of rotatable bonds is 5. The van der Waals surface area contributed by atoms with Gasteiger partial charge in [0.1, 0.15) is 0 Å². The van der Waals surface area contributed by atoms with Gasteiger partial charge in [-0.15, -0.1) is 0 Å². The van der Waals surface area contributed by atoms with Crippen LogP contribution in [0.15, 0.2) is 78.8 Å². The molecule has 1 aromatic heterocycles. The molecule has 4 heteroatoms. The lowest BCUT2D eigenvalue weighted by Gasteiger charge is -2.33. The third-order valence-corrected chi connectivity index (χ3v) is 4.04. The molecule has 1 unspecified atom stereocenters. The molecule has 2 heterocycles. The first-order chi connectivity index (χ1) is 11.2. The van der Waals surface area contributed by atoms with Crippen LogP contribution in [0.3, 0.4) is 0 Å². The summed E-state index contributed by atoms with van der Waals surface area (Å²) in [7, 11) is 0. The molecule has 1 N–H and O–H groups in total. The molecule has 3 rings (SSSR count). The van der Waals surface area contributed by atoms with Crippen molar-refractivity contribution in [3.63, 3.8) is 0 Å². The lowest BCUT2D eigenvalue weighted by atomic mass is 9.82. The van der Waals surface area contributed by atoms with Gasteiger partial charge in [0.15, 0.2) is 0 Å². The zero-order valence-corrected chi connectivity index (χ0v) is 12.8. The maximum absolute atomic E-state index is 11.4. The van der Waals surface area contributed by atoms with E-state index in [4.69, 9.17) is 0 Å². The lowest BCUT2D eigenvalue weighted by Crippen LogP contribution is -2.30. The van der Waals surface area contributed by atoms with Gasteiger partial charge in [-0.1, -0.05) is 36.4 Å². The van der Waals surface area contributed by atoms with Crippen molar-refractivity contribution in [1.29, 1.82) is 0 Å². The average Bonchev–Trinajstić information content (AvgIpc) is 2.59. The third kappa shape index (κ3) is 3.86. The van der Waals surface area contributed by atoms with E-state index in [0.29, 0.717) is 19.4 Å². The number of allylic oxidation sites excluding steroid dienone is 1. The second kappa shape index (κ2) is 6.77. The Balaban J connectivity index is 1.89. The van der Waals surface area contributed by atoms with E-state index in [2.05, 4.69) is 4.98 Å². The van der Waals surface area contributed by atoms with Crippen molar-refractivity contribution < 1.29 is 5.11 Å². The summed E-state index contributed by atoms with van der Waals surface area (Å²) >= 11 is 0. The van der Waals surface area contributed by atoms with E-state index in [1.54, 1.807) is 18.5 Å². The van der Waals surface area contributed by atoms with Crippen LogP contribution in [-0.4, -0.2) is 21.7 Å². The summed E-state index contributed by atoms with van der Waals surface area (Å²) in [5, 5.41) is 23.5. The third-order valence-electron chi connectivity index (χ3n) is 4.04. The predicted molar refractivity (Wildman–Crippen MR) is 90.2 cm³/mol. The zero-order chi connectivity index (χ0) is 16.1. The minimum atomic E-state index is -1.02. The van der Waals surface area contributed by atoms with Gasteiger partial charge in [-0.25, -0.2) is 0 Å². The van der Waals surface area contributed by atoms with Crippen LogP contribution in [0.2, 0.25) is 0 Å². The van der Waals surface area contributed by atoms with Crippen LogP contribution in [0.4, 0.5) is 0 Å². The summed E-state index contributed by atoms with van der Waals surface area (Å²) in [6.07, 6.45) is 9.57. The van der Waals surface area contributed by atoms with Crippen molar-refractivity contribution in [2.75, 3.05) is 6.54 Å². The number of aromatic nitrogens is 1. The molecule has 1 aliphatic rings. The molecule has 118 valence electrons. The Morgan fingerprint density at radius 2 is 1.83 bits per heavy atom. The summed E-state index contributed by atoms with van der Waals surface area (Å²) in [6, 6.07) is 13.5. The fraction of sp³-hybridized carbons (Fsp3) is 0.211. The number of pyridine rings is 1. The molecule has 1 aromatic carbocycles. The Morgan fingerprint density at radius 1 is 1.09 bits per heavy atom. The monoisotopic (exact) mass is 307 g/mol. The van der Waals surface area contributed by atoms with Crippen LogP contribution < -0.4 is 0 Å². The van der Waals surface area contributed by atoms with Gasteiger partial charge in [-0.3, -0.25) is 4.98 Å². The average molecular weight is 307 g/mol.